The van der Waals surface area contributed by atoms with Crippen LogP contribution in [0.3, 0.4) is 0 Å². The molecule has 2 aromatic heterocycles. The second-order valence-electron chi connectivity index (χ2n) is 4.69. The molecule has 0 fully saturated rings. The number of pyridine rings is 1. The number of nitrogens with zero attached hydrogens (tertiary/aromatic N) is 3. The zero-order valence-corrected chi connectivity index (χ0v) is 12.3. The van der Waals surface area contributed by atoms with Crippen LogP contribution in [0.4, 0.5) is 5.69 Å². The zero-order chi connectivity index (χ0) is 14.8. The molecule has 2 heterocycles. The summed E-state index contributed by atoms with van der Waals surface area (Å²) in [5.74, 6) is 1.29. The minimum Gasteiger partial charge on any atom is -0.491 e. The summed E-state index contributed by atoms with van der Waals surface area (Å²) in [5.41, 5.74) is 8.17. The Morgan fingerprint density at radius 1 is 1.29 bits per heavy atom. The van der Waals surface area contributed by atoms with Crippen molar-refractivity contribution in [3.63, 3.8) is 0 Å². The Morgan fingerprint density at radius 3 is 2.90 bits per heavy atom. The molecule has 3 aromatic rings. The van der Waals surface area contributed by atoms with E-state index in [2.05, 4.69) is 17.0 Å². The number of rotatable bonds is 4. The molecule has 5 nitrogen and oxygen atoms in total. The summed E-state index contributed by atoms with van der Waals surface area (Å²) in [6, 6.07) is 9.17. The number of nitrogens with two attached hydrogens (primary N) is 1. The Morgan fingerprint density at radius 2 is 2.14 bits per heavy atom. The van der Waals surface area contributed by atoms with Crippen LogP contribution in [0.25, 0.3) is 17.0 Å². The lowest BCUT2D eigenvalue weighted by Gasteiger charge is -2.08. The standard InChI is InChI=1S/C15H15ClN4O/c1-2-7-21-13-5-3-10(8-12(13)17)15-18-14-6-4-11(16)9-20(14)19-15/h3-6,8-9H,2,7,17H2,1H3. The summed E-state index contributed by atoms with van der Waals surface area (Å²) in [7, 11) is 0. The van der Waals surface area contributed by atoms with E-state index in [1.54, 1.807) is 16.8 Å². The molecule has 0 aliphatic carbocycles. The van der Waals surface area contributed by atoms with Gasteiger partial charge in [0.15, 0.2) is 11.5 Å². The Labute approximate surface area is 127 Å². The number of hydrogen-bond acceptors (Lipinski definition) is 4. The van der Waals surface area contributed by atoms with Crippen molar-refractivity contribution in [3.8, 4) is 17.1 Å². The predicted octanol–water partition coefficient (Wildman–Crippen LogP) is 3.42. The molecule has 0 unspecified atom stereocenters. The molecule has 2 N–H and O–H groups in total. The van der Waals surface area contributed by atoms with Crippen LogP contribution in [0.5, 0.6) is 5.75 Å². The Kier molecular flexibility index (Phi) is 3.66. The van der Waals surface area contributed by atoms with Crippen LogP contribution in [-0.4, -0.2) is 21.2 Å². The molecule has 0 saturated carbocycles. The molecular weight excluding hydrogens is 288 g/mol. The van der Waals surface area contributed by atoms with Gasteiger partial charge in [-0.15, -0.1) is 5.10 Å². The SMILES string of the molecule is CCCOc1ccc(-c2nc3ccc(Cl)cn3n2)cc1N. The maximum atomic E-state index is 6.01. The Hall–Kier alpha value is -2.27. The largest absolute Gasteiger partial charge is 0.491 e. The summed E-state index contributed by atoms with van der Waals surface area (Å²) in [5, 5.41) is 5.01. The van der Waals surface area contributed by atoms with Gasteiger partial charge in [-0.3, -0.25) is 0 Å². The molecule has 0 aliphatic rings. The van der Waals surface area contributed by atoms with Crippen LogP contribution in [0, 0.1) is 0 Å². The highest BCUT2D eigenvalue weighted by molar-refractivity contribution is 6.30. The van der Waals surface area contributed by atoms with E-state index in [0.29, 0.717) is 28.9 Å². The third-order valence-corrected chi connectivity index (χ3v) is 3.25. The molecule has 21 heavy (non-hydrogen) atoms. The molecule has 0 amide bonds. The second kappa shape index (κ2) is 5.61. The molecular formula is C15H15ClN4O. The maximum absolute atomic E-state index is 6.01. The smallest absolute Gasteiger partial charge is 0.182 e. The third kappa shape index (κ3) is 2.78. The van der Waals surface area contributed by atoms with Gasteiger partial charge in [0, 0.05) is 11.8 Å². The second-order valence-corrected chi connectivity index (χ2v) is 5.12. The minimum absolute atomic E-state index is 0.581. The van der Waals surface area contributed by atoms with E-state index in [1.165, 1.54) is 0 Å². The lowest BCUT2D eigenvalue weighted by molar-refractivity contribution is 0.319. The highest BCUT2D eigenvalue weighted by Crippen LogP contribution is 2.27. The quantitative estimate of drug-likeness (QED) is 0.750. The Bertz CT molecular complexity index is 784. The van der Waals surface area contributed by atoms with Crippen molar-refractivity contribution in [3.05, 3.63) is 41.6 Å². The van der Waals surface area contributed by atoms with E-state index >= 15 is 0 Å². The minimum atomic E-state index is 0.581. The predicted molar refractivity (Wildman–Crippen MR) is 83.6 cm³/mol. The fourth-order valence-corrected chi connectivity index (χ4v) is 2.17. The van der Waals surface area contributed by atoms with Gasteiger partial charge in [-0.2, -0.15) is 0 Å². The first-order valence-corrected chi connectivity index (χ1v) is 7.10. The molecule has 0 spiro atoms. The normalized spacial score (nSPS) is 11.0. The number of aromatic nitrogens is 3. The molecule has 0 radical (unpaired) electrons. The molecule has 0 saturated heterocycles. The number of benzene rings is 1. The van der Waals surface area contributed by atoms with Gasteiger partial charge in [0.2, 0.25) is 0 Å². The Balaban J connectivity index is 1.96. The van der Waals surface area contributed by atoms with Crippen LogP contribution < -0.4 is 10.5 Å². The van der Waals surface area contributed by atoms with Gasteiger partial charge in [-0.1, -0.05) is 18.5 Å². The first kappa shape index (κ1) is 13.7. The van der Waals surface area contributed by atoms with Crippen molar-refractivity contribution in [2.24, 2.45) is 0 Å². The maximum Gasteiger partial charge on any atom is 0.182 e. The van der Waals surface area contributed by atoms with Gasteiger partial charge in [-0.25, -0.2) is 9.50 Å². The van der Waals surface area contributed by atoms with Crippen molar-refractivity contribution >= 4 is 22.9 Å². The molecule has 0 aliphatic heterocycles. The summed E-state index contributed by atoms with van der Waals surface area (Å²) in [6.07, 6.45) is 2.66. The monoisotopic (exact) mass is 302 g/mol. The van der Waals surface area contributed by atoms with E-state index in [4.69, 9.17) is 22.1 Å². The molecule has 108 valence electrons. The van der Waals surface area contributed by atoms with Crippen molar-refractivity contribution in [2.45, 2.75) is 13.3 Å². The fraction of sp³-hybridized carbons (Fsp3) is 0.200. The molecule has 6 heteroatoms. The first-order valence-electron chi connectivity index (χ1n) is 6.72. The van der Waals surface area contributed by atoms with Crippen LogP contribution in [0.15, 0.2) is 36.5 Å². The number of halogens is 1. The first-order chi connectivity index (χ1) is 10.2. The van der Waals surface area contributed by atoms with Gasteiger partial charge in [0.1, 0.15) is 5.75 Å². The average molecular weight is 303 g/mol. The summed E-state index contributed by atoms with van der Waals surface area (Å²) in [4.78, 5) is 4.45. The van der Waals surface area contributed by atoms with E-state index in [0.717, 1.165) is 17.6 Å². The molecule has 0 bridgehead atoms. The molecule has 1 aromatic carbocycles. The van der Waals surface area contributed by atoms with Crippen LogP contribution in [0.1, 0.15) is 13.3 Å². The number of ether oxygens (including phenoxy) is 1. The third-order valence-electron chi connectivity index (χ3n) is 3.02. The fourth-order valence-electron chi connectivity index (χ4n) is 2.01. The number of fused-ring (bicyclic) bond motifs is 1. The number of hydrogen-bond donors (Lipinski definition) is 1. The number of anilines is 1. The summed E-state index contributed by atoms with van der Waals surface area (Å²) < 4.78 is 7.21. The van der Waals surface area contributed by atoms with Gasteiger partial charge in [0.05, 0.1) is 17.3 Å². The van der Waals surface area contributed by atoms with Crippen LogP contribution >= 0.6 is 11.6 Å². The van der Waals surface area contributed by atoms with E-state index in [-0.39, 0.29) is 0 Å². The molecule has 3 rings (SSSR count). The molecule has 0 atom stereocenters. The van der Waals surface area contributed by atoms with Gasteiger partial charge in [0.25, 0.3) is 0 Å². The van der Waals surface area contributed by atoms with E-state index in [9.17, 15) is 0 Å². The van der Waals surface area contributed by atoms with E-state index < -0.39 is 0 Å². The van der Waals surface area contributed by atoms with E-state index in [1.807, 2.05) is 24.3 Å². The summed E-state index contributed by atoms with van der Waals surface area (Å²) in [6.45, 7) is 2.70. The van der Waals surface area contributed by atoms with Crippen molar-refractivity contribution in [1.82, 2.24) is 14.6 Å². The van der Waals surface area contributed by atoms with Gasteiger partial charge >= 0.3 is 0 Å². The lowest BCUT2D eigenvalue weighted by atomic mass is 10.2. The van der Waals surface area contributed by atoms with Gasteiger partial charge in [-0.05, 0) is 36.8 Å². The average Bonchev–Trinajstić information content (AvgIpc) is 2.89. The van der Waals surface area contributed by atoms with Crippen molar-refractivity contribution in [2.75, 3.05) is 12.3 Å². The van der Waals surface area contributed by atoms with Crippen LogP contribution in [0.2, 0.25) is 5.02 Å². The van der Waals surface area contributed by atoms with Crippen LogP contribution in [-0.2, 0) is 0 Å². The zero-order valence-electron chi connectivity index (χ0n) is 11.6. The number of nitrogen functional groups attached to an aromatic ring is 1. The van der Waals surface area contributed by atoms with Gasteiger partial charge < -0.3 is 10.5 Å². The van der Waals surface area contributed by atoms with Crippen molar-refractivity contribution in [1.29, 1.82) is 0 Å². The topological polar surface area (TPSA) is 65.4 Å². The van der Waals surface area contributed by atoms with Crippen molar-refractivity contribution < 1.29 is 4.74 Å². The lowest BCUT2D eigenvalue weighted by Crippen LogP contribution is -1.99. The highest BCUT2D eigenvalue weighted by Gasteiger charge is 2.09. The highest BCUT2D eigenvalue weighted by atomic mass is 35.5. The summed E-state index contributed by atoms with van der Waals surface area (Å²) >= 11 is 5.94.